The molecule has 2 fully saturated rings. The van der Waals surface area contributed by atoms with Crippen LogP contribution >= 0.6 is 0 Å². The number of Topliss-reactive ketones (excluding diaryl/α,β-unsaturated/α-hetero) is 2. The summed E-state index contributed by atoms with van der Waals surface area (Å²) in [5, 5.41) is 3.87. The van der Waals surface area contributed by atoms with Gasteiger partial charge in [-0.05, 0) is 49.2 Å². The van der Waals surface area contributed by atoms with Crippen molar-refractivity contribution in [2.24, 2.45) is 5.41 Å². The van der Waals surface area contributed by atoms with E-state index in [9.17, 15) is 14.4 Å². The third-order valence-electron chi connectivity index (χ3n) is 6.61. The number of nitrogens with one attached hydrogen (secondary N) is 1. The monoisotopic (exact) mass is 413 g/mol. The topological polar surface area (TPSA) is 79.4 Å². The summed E-state index contributed by atoms with van der Waals surface area (Å²) in [5.74, 6) is 0.0445. The summed E-state index contributed by atoms with van der Waals surface area (Å²) in [6.07, 6.45) is 3.62. The maximum absolute atomic E-state index is 12.7. The number of rotatable bonds is 3. The summed E-state index contributed by atoms with van der Waals surface area (Å²) in [5.41, 5.74) is 2.36. The Balaban J connectivity index is 1.25. The fourth-order valence-corrected chi connectivity index (χ4v) is 4.73. The van der Waals surface area contributed by atoms with Crippen molar-refractivity contribution in [3.05, 3.63) is 66.4 Å². The lowest BCUT2D eigenvalue weighted by molar-refractivity contribution is -0.136. The predicted molar refractivity (Wildman–Crippen MR) is 119 cm³/mol. The molecule has 0 atom stereocenters. The van der Waals surface area contributed by atoms with Gasteiger partial charge in [-0.2, -0.15) is 0 Å². The van der Waals surface area contributed by atoms with E-state index < -0.39 is 5.41 Å². The number of hydrogen-bond acceptors (Lipinski definition) is 5. The molecule has 0 unspecified atom stereocenters. The van der Waals surface area contributed by atoms with Crippen LogP contribution in [0, 0.1) is 5.41 Å². The molecule has 1 aromatic heterocycles. The normalized spacial score (nSPS) is 18.0. The molecular weight excluding hydrogens is 390 g/mol. The molecular formula is C25H23N3O3. The lowest BCUT2D eigenvalue weighted by Crippen LogP contribution is -2.45. The number of fused-ring (bicyclic) bond motifs is 1. The number of nitrogens with zero attached hydrogens (tertiary/aromatic N) is 2. The second-order valence-electron chi connectivity index (χ2n) is 8.33. The summed E-state index contributed by atoms with van der Waals surface area (Å²) in [4.78, 5) is 43.7. The zero-order chi connectivity index (χ0) is 21.4. The van der Waals surface area contributed by atoms with Crippen molar-refractivity contribution in [2.75, 3.05) is 23.3 Å². The zero-order valence-corrected chi connectivity index (χ0v) is 17.1. The number of aromatic nitrogens is 1. The number of pyridine rings is 1. The number of amides is 1. The molecule has 31 heavy (non-hydrogen) atoms. The van der Waals surface area contributed by atoms with E-state index in [1.54, 1.807) is 18.3 Å². The average Bonchev–Trinajstić information content (AvgIpc) is 3.08. The van der Waals surface area contributed by atoms with Gasteiger partial charge in [0.1, 0.15) is 11.6 Å². The van der Waals surface area contributed by atoms with Crippen molar-refractivity contribution in [1.82, 2.24) is 4.98 Å². The number of carbonyl (C=O) groups excluding carboxylic acids is 3. The number of anilines is 2. The van der Waals surface area contributed by atoms with E-state index in [4.69, 9.17) is 0 Å². The highest BCUT2D eigenvalue weighted by Gasteiger charge is 2.50. The molecule has 156 valence electrons. The summed E-state index contributed by atoms with van der Waals surface area (Å²) in [6.45, 7) is 1.34. The summed E-state index contributed by atoms with van der Waals surface area (Å²) in [6, 6.07) is 17.1. The Kier molecular flexibility index (Phi) is 4.77. The number of piperidine rings is 1. The molecule has 0 bridgehead atoms. The Hall–Kier alpha value is -3.54. The first-order valence-corrected chi connectivity index (χ1v) is 10.6. The van der Waals surface area contributed by atoms with Gasteiger partial charge >= 0.3 is 0 Å². The molecule has 1 saturated carbocycles. The minimum Gasteiger partial charge on any atom is -0.371 e. The minimum absolute atomic E-state index is 0.118. The molecule has 1 N–H and O–H groups in total. The highest BCUT2D eigenvalue weighted by molar-refractivity contribution is 6.13. The van der Waals surface area contributed by atoms with Crippen LogP contribution in [-0.4, -0.2) is 35.5 Å². The number of carbonyl (C=O) groups is 3. The molecule has 3 aromatic rings. The Morgan fingerprint density at radius 2 is 1.61 bits per heavy atom. The van der Waals surface area contributed by atoms with Crippen LogP contribution < -0.4 is 10.2 Å². The second-order valence-corrected chi connectivity index (χ2v) is 8.33. The van der Waals surface area contributed by atoms with Gasteiger partial charge in [-0.25, -0.2) is 0 Å². The number of hydrogen-bond donors (Lipinski definition) is 1. The van der Waals surface area contributed by atoms with Gasteiger partial charge in [0.05, 0.1) is 22.8 Å². The molecule has 0 radical (unpaired) electrons. The van der Waals surface area contributed by atoms with Crippen LogP contribution in [0.1, 0.15) is 36.0 Å². The van der Waals surface area contributed by atoms with E-state index in [1.807, 2.05) is 42.5 Å². The van der Waals surface area contributed by atoms with Gasteiger partial charge < -0.3 is 10.2 Å². The van der Waals surface area contributed by atoms with Gasteiger partial charge in [-0.1, -0.05) is 18.2 Å². The van der Waals surface area contributed by atoms with E-state index in [0.717, 1.165) is 16.6 Å². The Morgan fingerprint density at radius 3 is 2.32 bits per heavy atom. The van der Waals surface area contributed by atoms with Crippen molar-refractivity contribution in [1.29, 1.82) is 0 Å². The zero-order valence-electron chi connectivity index (χ0n) is 17.1. The summed E-state index contributed by atoms with van der Waals surface area (Å²) >= 11 is 0. The van der Waals surface area contributed by atoms with Crippen LogP contribution in [-0.2, 0) is 9.59 Å². The molecule has 1 saturated heterocycles. The van der Waals surface area contributed by atoms with Crippen LogP contribution in [0.25, 0.3) is 10.9 Å². The fraction of sp³-hybridized carbons (Fsp3) is 0.280. The largest absolute Gasteiger partial charge is 0.371 e. The van der Waals surface area contributed by atoms with Gasteiger partial charge in [-0.15, -0.1) is 0 Å². The van der Waals surface area contributed by atoms with Gasteiger partial charge in [0.25, 0.3) is 5.91 Å². The van der Waals surface area contributed by atoms with Crippen LogP contribution in [0.3, 0.4) is 0 Å². The second kappa shape index (κ2) is 7.61. The van der Waals surface area contributed by atoms with Gasteiger partial charge in [-0.3, -0.25) is 19.4 Å². The smallest absolute Gasteiger partial charge is 0.255 e. The third kappa shape index (κ3) is 3.48. The molecule has 1 spiro atoms. The van der Waals surface area contributed by atoms with E-state index in [1.165, 1.54) is 0 Å². The molecule has 1 aliphatic carbocycles. The SMILES string of the molecule is O=C(Nc1cnc2ccccc2c1)c1ccc(N2CCC3(CC2)C(=O)CCC3=O)cc1. The molecule has 6 nitrogen and oxygen atoms in total. The lowest BCUT2D eigenvalue weighted by atomic mass is 9.75. The standard InChI is InChI=1S/C25H23N3O3/c29-22-9-10-23(30)25(22)11-13-28(14-12-25)20-7-5-17(6-8-20)24(31)27-19-15-18-3-1-2-4-21(18)26-16-19/h1-8,15-16H,9-14H2,(H,27,31). The van der Waals surface area contributed by atoms with Crippen LogP contribution in [0.4, 0.5) is 11.4 Å². The van der Waals surface area contributed by atoms with E-state index in [2.05, 4.69) is 15.2 Å². The highest BCUT2D eigenvalue weighted by atomic mass is 16.2. The first-order chi connectivity index (χ1) is 15.0. The maximum Gasteiger partial charge on any atom is 0.255 e. The number of benzene rings is 2. The average molecular weight is 413 g/mol. The van der Waals surface area contributed by atoms with Crippen LogP contribution in [0.15, 0.2) is 60.8 Å². The van der Waals surface area contributed by atoms with E-state index in [-0.39, 0.29) is 17.5 Å². The molecule has 1 aliphatic heterocycles. The summed E-state index contributed by atoms with van der Waals surface area (Å²) < 4.78 is 0. The maximum atomic E-state index is 12.7. The van der Waals surface area contributed by atoms with Gasteiger partial charge in [0, 0.05) is 42.6 Å². The van der Waals surface area contributed by atoms with Crippen LogP contribution in [0.2, 0.25) is 0 Å². The highest BCUT2D eigenvalue weighted by Crippen LogP contribution is 2.41. The minimum atomic E-state index is -0.732. The number of para-hydroxylation sites is 1. The molecule has 6 heteroatoms. The Bertz CT molecular complexity index is 1160. The molecule has 2 aromatic carbocycles. The van der Waals surface area contributed by atoms with E-state index in [0.29, 0.717) is 50.0 Å². The van der Waals surface area contributed by atoms with Gasteiger partial charge in [0.15, 0.2) is 0 Å². The van der Waals surface area contributed by atoms with Crippen molar-refractivity contribution >= 4 is 39.8 Å². The first kappa shape index (κ1) is 19.4. The van der Waals surface area contributed by atoms with Crippen molar-refractivity contribution < 1.29 is 14.4 Å². The van der Waals surface area contributed by atoms with E-state index >= 15 is 0 Å². The Morgan fingerprint density at radius 1 is 0.935 bits per heavy atom. The molecule has 2 aliphatic rings. The van der Waals surface area contributed by atoms with Gasteiger partial charge in [0.2, 0.25) is 0 Å². The first-order valence-electron chi connectivity index (χ1n) is 10.6. The lowest BCUT2D eigenvalue weighted by Gasteiger charge is -2.38. The summed E-state index contributed by atoms with van der Waals surface area (Å²) in [7, 11) is 0. The number of ketones is 2. The van der Waals surface area contributed by atoms with Crippen molar-refractivity contribution in [3.8, 4) is 0 Å². The molecule has 2 heterocycles. The fourth-order valence-electron chi connectivity index (χ4n) is 4.73. The van der Waals surface area contributed by atoms with Crippen molar-refractivity contribution in [2.45, 2.75) is 25.7 Å². The Labute approximate surface area is 180 Å². The quantitative estimate of drug-likeness (QED) is 0.657. The predicted octanol–water partition coefficient (Wildman–Crippen LogP) is 4.01. The third-order valence-corrected chi connectivity index (χ3v) is 6.61. The molecule has 5 rings (SSSR count). The van der Waals surface area contributed by atoms with Crippen LogP contribution in [0.5, 0.6) is 0 Å². The molecule has 1 amide bonds. The van der Waals surface area contributed by atoms with Crippen molar-refractivity contribution in [3.63, 3.8) is 0 Å².